The van der Waals surface area contributed by atoms with Gasteiger partial charge in [0.1, 0.15) is 13.2 Å². The van der Waals surface area contributed by atoms with Gasteiger partial charge in [0.25, 0.3) is 0 Å². The second-order valence-electron chi connectivity index (χ2n) is 9.01. The molecule has 42 heavy (non-hydrogen) atoms. The number of hydrogen-bond acceptors (Lipinski definition) is 8. The van der Waals surface area contributed by atoms with E-state index in [0.717, 1.165) is 22.3 Å². The Morgan fingerprint density at radius 3 is 1.14 bits per heavy atom. The lowest BCUT2D eigenvalue weighted by molar-refractivity contribution is 0.110. The summed E-state index contributed by atoms with van der Waals surface area (Å²) in [6.45, 7) is -0.227. The van der Waals surface area contributed by atoms with Crippen LogP contribution in [0, 0.1) is 0 Å². The fourth-order valence-corrected chi connectivity index (χ4v) is 3.94. The van der Waals surface area contributed by atoms with Crippen molar-refractivity contribution in [2.24, 2.45) is 9.98 Å². The number of benzene rings is 4. The van der Waals surface area contributed by atoms with Gasteiger partial charge >= 0.3 is 12.2 Å². The van der Waals surface area contributed by atoms with Crippen LogP contribution in [0.4, 0.5) is 32.3 Å². The van der Waals surface area contributed by atoms with Gasteiger partial charge < -0.3 is 9.47 Å². The van der Waals surface area contributed by atoms with E-state index < -0.39 is 12.2 Å². The van der Waals surface area contributed by atoms with E-state index in [4.69, 9.17) is 9.47 Å². The molecule has 0 aliphatic rings. The van der Waals surface area contributed by atoms with E-state index in [0.29, 0.717) is 35.6 Å². The Bertz CT molecular complexity index is 1470. The van der Waals surface area contributed by atoms with Crippen LogP contribution < -0.4 is 10.6 Å². The maximum Gasteiger partial charge on any atom is 0.411 e. The average molecular weight is 563 g/mol. The molecule has 4 rings (SSSR count). The number of ether oxygens (including phenoxy) is 2. The molecule has 10 heteroatoms. The molecule has 0 fully saturated rings. The van der Waals surface area contributed by atoms with Crippen molar-refractivity contribution in [3.63, 3.8) is 0 Å². The average Bonchev–Trinajstić information content (AvgIpc) is 3.00. The number of hydrogen-bond donors (Lipinski definition) is 2. The number of amides is 2. The smallest absolute Gasteiger partial charge is 0.411 e. The second kappa shape index (κ2) is 15.1. The maximum atomic E-state index is 12.1. The molecule has 0 bridgehead atoms. The molecule has 0 heterocycles. The topological polar surface area (TPSA) is 136 Å². The number of carbonyl (C=O) groups is 2. The summed E-state index contributed by atoms with van der Waals surface area (Å²) >= 11 is 0. The first kappa shape index (κ1) is 29.2. The summed E-state index contributed by atoms with van der Waals surface area (Å²) in [6, 6.07) is 29.1. The van der Waals surface area contributed by atoms with Crippen LogP contribution in [-0.2, 0) is 31.9 Å². The first-order valence-electron chi connectivity index (χ1n) is 12.9. The van der Waals surface area contributed by atoms with Gasteiger partial charge in [-0.1, -0.05) is 48.5 Å². The number of isocyanates is 2. The summed E-state index contributed by atoms with van der Waals surface area (Å²) in [5.41, 5.74) is 6.38. The summed E-state index contributed by atoms with van der Waals surface area (Å²) in [5.74, 6) is 0. The predicted octanol–water partition coefficient (Wildman–Crippen LogP) is 6.60. The van der Waals surface area contributed by atoms with Crippen LogP contribution in [0.15, 0.2) is 107 Å². The highest BCUT2D eigenvalue weighted by Gasteiger charge is 2.07. The van der Waals surface area contributed by atoms with Crippen LogP contribution in [-0.4, -0.2) is 37.6 Å². The van der Waals surface area contributed by atoms with Crippen LogP contribution in [0.3, 0.4) is 0 Å². The lowest BCUT2D eigenvalue weighted by Gasteiger charge is -2.10. The van der Waals surface area contributed by atoms with Crippen LogP contribution in [0.25, 0.3) is 0 Å². The lowest BCUT2D eigenvalue weighted by Crippen LogP contribution is -2.20. The minimum atomic E-state index is -0.667. The van der Waals surface area contributed by atoms with Crippen molar-refractivity contribution in [1.82, 2.24) is 0 Å². The second-order valence-corrected chi connectivity index (χ2v) is 9.01. The van der Waals surface area contributed by atoms with Gasteiger partial charge in [-0.15, -0.1) is 0 Å². The van der Waals surface area contributed by atoms with Gasteiger partial charge in [0, 0.05) is 11.4 Å². The Hall–Kier alpha value is -5.82. The molecular weight excluding hydrogens is 536 g/mol. The van der Waals surface area contributed by atoms with Crippen LogP contribution in [0.1, 0.15) is 22.3 Å². The zero-order valence-electron chi connectivity index (χ0n) is 22.4. The van der Waals surface area contributed by atoms with Crippen molar-refractivity contribution < 1.29 is 28.7 Å². The summed E-state index contributed by atoms with van der Waals surface area (Å²) in [5, 5.41) is 5.25. The molecule has 0 aliphatic carbocycles. The summed E-state index contributed by atoms with van der Waals surface area (Å²) in [4.78, 5) is 51.9. The van der Waals surface area contributed by atoms with E-state index in [-0.39, 0.29) is 13.2 Å². The van der Waals surface area contributed by atoms with Crippen molar-refractivity contribution in [2.45, 2.75) is 12.8 Å². The SMILES string of the molecule is O=C=Nc1ccc(Cc2ccc(NC(=O)OCCOC(=O)Nc3ccc(Cc4ccc(N=C=O)cc4)cc3)cc2)cc1. The fraction of sp³-hybridized carbons (Fsp3) is 0.125. The Balaban J connectivity index is 1.13. The third kappa shape index (κ3) is 9.43. The van der Waals surface area contributed by atoms with Crippen molar-refractivity contribution in [3.8, 4) is 0 Å². The quantitative estimate of drug-likeness (QED) is 0.120. The van der Waals surface area contributed by atoms with E-state index in [1.54, 1.807) is 48.5 Å². The number of carbonyl (C=O) groups excluding carboxylic acids is 4. The highest BCUT2D eigenvalue weighted by atomic mass is 16.6. The molecule has 4 aromatic carbocycles. The third-order valence-electron chi connectivity index (χ3n) is 5.99. The van der Waals surface area contributed by atoms with Gasteiger partial charge in [-0.05, 0) is 83.6 Å². The molecule has 10 nitrogen and oxygen atoms in total. The Morgan fingerprint density at radius 2 is 0.833 bits per heavy atom. The van der Waals surface area contributed by atoms with E-state index in [1.165, 1.54) is 12.2 Å². The number of rotatable bonds is 11. The molecule has 0 saturated heterocycles. The number of nitrogens with one attached hydrogen (secondary N) is 2. The molecule has 0 aliphatic heterocycles. The molecule has 210 valence electrons. The van der Waals surface area contributed by atoms with Gasteiger partial charge in [-0.2, -0.15) is 9.98 Å². The first-order chi connectivity index (χ1) is 20.5. The number of nitrogens with zero attached hydrogens (tertiary/aromatic N) is 2. The standard InChI is InChI=1S/C32H26N4O6/c37-21-33-27-9-1-23(2-10-27)19-25-5-13-29(14-6-25)35-31(39)41-17-18-42-32(40)36-30-15-7-26(8-16-30)20-24-3-11-28(12-4-24)34-22-38/h1-16H,17-20H2,(H,35,39)(H,36,40). The third-order valence-corrected chi connectivity index (χ3v) is 5.99. The maximum absolute atomic E-state index is 12.1. The normalized spacial score (nSPS) is 10.0. The summed E-state index contributed by atoms with van der Waals surface area (Å²) < 4.78 is 10.2. The molecule has 2 N–H and O–H groups in total. The van der Waals surface area contributed by atoms with E-state index in [9.17, 15) is 19.2 Å². The molecule has 0 radical (unpaired) electrons. The van der Waals surface area contributed by atoms with Crippen LogP contribution >= 0.6 is 0 Å². The zero-order chi connectivity index (χ0) is 29.6. The Morgan fingerprint density at radius 1 is 0.524 bits per heavy atom. The van der Waals surface area contributed by atoms with Crippen molar-refractivity contribution in [3.05, 3.63) is 119 Å². The fourth-order valence-electron chi connectivity index (χ4n) is 3.94. The van der Waals surface area contributed by atoms with Gasteiger partial charge in [-0.3, -0.25) is 10.6 Å². The minimum Gasteiger partial charge on any atom is -0.446 e. The van der Waals surface area contributed by atoms with Gasteiger partial charge in [0.15, 0.2) is 0 Å². The molecular formula is C32H26N4O6. The lowest BCUT2D eigenvalue weighted by atomic mass is 10.0. The molecule has 0 spiro atoms. The highest BCUT2D eigenvalue weighted by Crippen LogP contribution is 2.18. The molecule has 2 amide bonds. The monoisotopic (exact) mass is 562 g/mol. The van der Waals surface area contributed by atoms with E-state index in [1.807, 2.05) is 48.5 Å². The largest absolute Gasteiger partial charge is 0.446 e. The number of aliphatic imine (C=N–C) groups is 2. The van der Waals surface area contributed by atoms with Crippen molar-refractivity contribution in [2.75, 3.05) is 23.8 Å². The van der Waals surface area contributed by atoms with E-state index in [2.05, 4.69) is 20.6 Å². The summed E-state index contributed by atoms with van der Waals surface area (Å²) in [7, 11) is 0. The summed E-state index contributed by atoms with van der Waals surface area (Å²) in [6.07, 6.45) is 3.04. The van der Waals surface area contributed by atoms with Crippen molar-refractivity contribution >= 4 is 47.1 Å². The Kier molecular flexibility index (Phi) is 10.5. The van der Waals surface area contributed by atoms with Crippen LogP contribution in [0.5, 0.6) is 0 Å². The van der Waals surface area contributed by atoms with Crippen LogP contribution in [0.2, 0.25) is 0 Å². The predicted molar refractivity (Wildman–Crippen MR) is 157 cm³/mol. The van der Waals surface area contributed by atoms with Crippen molar-refractivity contribution in [1.29, 1.82) is 0 Å². The van der Waals surface area contributed by atoms with Gasteiger partial charge in [0.05, 0.1) is 11.4 Å². The highest BCUT2D eigenvalue weighted by molar-refractivity contribution is 5.85. The van der Waals surface area contributed by atoms with E-state index >= 15 is 0 Å². The minimum absolute atomic E-state index is 0.114. The molecule has 0 aromatic heterocycles. The molecule has 0 unspecified atom stereocenters. The first-order valence-corrected chi connectivity index (χ1v) is 12.9. The molecule has 0 atom stereocenters. The van der Waals surface area contributed by atoms with Gasteiger partial charge in [0.2, 0.25) is 12.2 Å². The molecule has 0 saturated carbocycles. The van der Waals surface area contributed by atoms with Gasteiger partial charge in [-0.25, -0.2) is 19.2 Å². The molecule has 4 aromatic rings. The Labute approximate surface area is 241 Å². The zero-order valence-corrected chi connectivity index (χ0v) is 22.4. The number of anilines is 2.